The molecule has 0 aromatic rings. The molecule has 0 aromatic carbocycles. The van der Waals surface area contributed by atoms with Gasteiger partial charge in [0, 0.05) is 5.04 Å². The van der Waals surface area contributed by atoms with E-state index in [9.17, 15) is 0 Å². The third-order valence-corrected chi connectivity index (χ3v) is 13.0. The van der Waals surface area contributed by atoms with E-state index in [1.54, 1.807) is 5.57 Å². The summed E-state index contributed by atoms with van der Waals surface area (Å²) < 4.78 is 4.05. The molecule has 0 aliphatic heterocycles. The summed E-state index contributed by atoms with van der Waals surface area (Å²) in [6, 6.07) is 0. The van der Waals surface area contributed by atoms with E-state index in [0.29, 0.717) is 0 Å². The van der Waals surface area contributed by atoms with Gasteiger partial charge in [0.25, 0.3) is 0 Å². The number of nitrogens with one attached hydrogen (secondary N) is 1. The summed E-state index contributed by atoms with van der Waals surface area (Å²) in [4.78, 5) is 0. The molecule has 0 spiro atoms. The molecule has 1 aliphatic rings. The molecular formula is C14H29NSi2. The largest absolute Gasteiger partial charge is 0.359 e. The Balaban J connectivity index is 3.17. The molecule has 17 heavy (non-hydrogen) atoms. The van der Waals surface area contributed by atoms with Crippen LogP contribution in [-0.2, 0) is 0 Å². The molecule has 1 atom stereocenters. The van der Waals surface area contributed by atoms with Crippen molar-refractivity contribution in [2.24, 2.45) is 0 Å². The zero-order valence-electron chi connectivity index (χ0n) is 13.1. The molecule has 0 aromatic heterocycles. The predicted molar refractivity (Wildman–Crippen MR) is 84.5 cm³/mol. The maximum absolute atomic E-state index is 4.05. The van der Waals surface area contributed by atoms with Crippen molar-refractivity contribution in [3.05, 3.63) is 22.8 Å². The van der Waals surface area contributed by atoms with Gasteiger partial charge in [-0.3, -0.25) is 0 Å². The van der Waals surface area contributed by atoms with Crippen LogP contribution >= 0.6 is 0 Å². The van der Waals surface area contributed by atoms with Crippen LogP contribution in [0.3, 0.4) is 0 Å². The van der Waals surface area contributed by atoms with Gasteiger partial charge >= 0.3 is 0 Å². The van der Waals surface area contributed by atoms with Crippen LogP contribution < -0.4 is 4.65 Å². The fourth-order valence-corrected chi connectivity index (χ4v) is 13.3. The van der Waals surface area contributed by atoms with E-state index < -0.39 is 16.5 Å². The van der Waals surface area contributed by atoms with Gasteiger partial charge in [-0.25, -0.2) is 0 Å². The van der Waals surface area contributed by atoms with Gasteiger partial charge in [0.1, 0.15) is 16.5 Å². The highest BCUT2D eigenvalue weighted by atomic mass is 28.4. The fraction of sp³-hybridized carbons (Fsp3) is 0.714. The zero-order valence-corrected chi connectivity index (χ0v) is 15.1. The lowest BCUT2D eigenvalue weighted by atomic mass is 10.0. The number of allylic oxidation sites excluding steroid dienone is 4. The van der Waals surface area contributed by atoms with Gasteiger partial charge < -0.3 is 4.65 Å². The predicted octanol–water partition coefficient (Wildman–Crippen LogP) is 4.67. The molecule has 0 bridgehead atoms. The lowest BCUT2D eigenvalue weighted by Crippen LogP contribution is -2.62. The second-order valence-corrected chi connectivity index (χ2v) is 17.1. The van der Waals surface area contributed by atoms with Crippen LogP contribution in [-0.4, -0.2) is 16.5 Å². The van der Waals surface area contributed by atoms with Gasteiger partial charge in [-0.15, -0.1) is 0 Å². The first-order valence-electron chi connectivity index (χ1n) is 6.58. The van der Waals surface area contributed by atoms with Crippen molar-refractivity contribution in [1.29, 1.82) is 0 Å². The summed E-state index contributed by atoms with van der Waals surface area (Å²) in [5.41, 5.74) is 4.56. The highest BCUT2D eigenvalue weighted by Crippen LogP contribution is 2.52. The summed E-state index contributed by atoms with van der Waals surface area (Å²) in [6.45, 7) is 21.5. The second kappa shape index (κ2) is 4.21. The van der Waals surface area contributed by atoms with Crippen LogP contribution in [0.25, 0.3) is 0 Å². The molecule has 98 valence electrons. The maximum atomic E-state index is 4.05. The molecule has 1 N–H and O–H groups in total. The molecule has 3 heteroatoms. The minimum Gasteiger partial charge on any atom is -0.359 e. The summed E-state index contributed by atoms with van der Waals surface area (Å²) in [6.07, 6.45) is 2.51. The van der Waals surface area contributed by atoms with E-state index in [1.807, 2.05) is 0 Å². The van der Waals surface area contributed by atoms with Gasteiger partial charge in [0.15, 0.2) is 0 Å². The Bertz CT molecular complexity index is 386. The third kappa shape index (κ3) is 2.66. The quantitative estimate of drug-likeness (QED) is 0.733. The number of hydrogen-bond acceptors (Lipinski definition) is 1. The van der Waals surface area contributed by atoms with E-state index in [-0.39, 0.29) is 5.04 Å². The van der Waals surface area contributed by atoms with Gasteiger partial charge in [-0.1, -0.05) is 56.9 Å². The van der Waals surface area contributed by atoms with Crippen molar-refractivity contribution in [1.82, 2.24) is 4.65 Å². The van der Waals surface area contributed by atoms with Crippen molar-refractivity contribution >= 4 is 16.5 Å². The lowest BCUT2D eigenvalue weighted by molar-refractivity contribution is 0.831. The third-order valence-electron chi connectivity index (χ3n) is 4.42. The molecule has 0 fully saturated rings. The van der Waals surface area contributed by atoms with Crippen LogP contribution in [0.15, 0.2) is 22.8 Å². The number of rotatable bonds is 3. The van der Waals surface area contributed by atoms with Gasteiger partial charge in [0.2, 0.25) is 0 Å². The molecular weight excluding hydrogens is 238 g/mol. The molecule has 0 heterocycles. The maximum Gasteiger partial charge on any atom is 0.126 e. The summed E-state index contributed by atoms with van der Waals surface area (Å²) in [5.74, 6) is 0. The molecule has 1 nitrogen and oxygen atoms in total. The van der Waals surface area contributed by atoms with Crippen LogP contribution in [0.1, 0.15) is 27.7 Å². The van der Waals surface area contributed by atoms with Gasteiger partial charge in [-0.2, -0.15) is 0 Å². The SMILES string of the molecule is CC1=CC(C)([Si](C)(C)N[Si](C)(C)C)C(C)=C1C. The minimum atomic E-state index is -1.50. The average Bonchev–Trinajstić information content (AvgIpc) is 2.27. The normalized spacial score (nSPS) is 26.5. The van der Waals surface area contributed by atoms with Crippen molar-refractivity contribution < 1.29 is 0 Å². The Kier molecular flexibility index (Phi) is 3.70. The number of hydrogen-bond donors (Lipinski definition) is 1. The monoisotopic (exact) mass is 267 g/mol. The van der Waals surface area contributed by atoms with Crippen LogP contribution in [0.5, 0.6) is 0 Å². The van der Waals surface area contributed by atoms with E-state index in [2.05, 4.69) is 71.2 Å². The highest BCUT2D eigenvalue weighted by molar-refractivity contribution is 6.92. The Labute approximate surface area is 110 Å². The molecule has 1 unspecified atom stereocenters. The van der Waals surface area contributed by atoms with Crippen LogP contribution in [0.2, 0.25) is 37.8 Å². The topological polar surface area (TPSA) is 12.0 Å². The zero-order chi connectivity index (χ0) is 13.6. The molecule has 1 aliphatic carbocycles. The first-order chi connectivity index (χ1) is 7.41. The van der Waals surface area contributed by atoms with Crippen molar-refractivity contribution in [3.63, 3.8) is 0 Å². The summed E-state index contributed by atoms with van der Waals surface area (Å²) in [5, 5.41) is 0.279. The highest BCUT2D eigenvalue weighted by Gasteiger charge is 2.47. The molecule has 0 saturated carbocycles. The minimum absolute atomic E-state index is 0.279. The fourth-order valence-electron chi connectivity index (χ4n) is 3.05. The average molecular weight is 268 g/mol. The van der Waals surface area contributed by atoms with E-state index in [4.69, 9.17) is 0 Å². The molecule has 0 radical (unpaired) electrons. The standard InChI is InChI=1S/C14H29NSi2/c1-11-10-14(4,13(3)12(11)2)17(8,9)15-16(5,6)7/h10,15H,1-9H3. The molecule has 0 amide bonds. The Hall–Kier alpha value is -0.126. The van der Waals surface area contributed by atoms with E-state index >= 15 is 0 Å². The Morgan fingerprint density at radius 3 is 1.76 bits per heavy atom. The van der Waals surface area contributed by atoms with Gasteiger partial charge in [0.05, 0.1) is 0 Å². The van der Waals surface area contributed by atoms with Gasteiger partial charge in [-0.05, 0) is 26.3 Å². The van der Waals surface area contributed by atoms with E-state index in [1.165, 1.54) is 11.1 Å². The Morgan fingerprint density at radius 1 is 1.00 bits per heavy atom. The van der Waals surface area contributed by atoms with Crippen LogP contribution in [0.4, 0.5) is 0 Å². The second-order valence-electron chi connectivity index (χ2n) is 7.28. The van der Waals surface area contributed by atoms with Crippen molar-refractivity contribution in [3.8, 4) is 0 Å². The van der Waals surface area contributed by atoms with Crippen molar-refractivity contribution in [2.45, 2.75) is 65.5 Å². The summed E-state index contributed by atoms with van der Waals surface area (Å²) in [7, 11) is -2.72. The molecule has 0 saturated heterocycles. The first-order valence-corrected chi connectivity index (χ1v) is 13.1. The lowest BCUT2D eigenvalue weighted by Gasteiger charge is -2.44. The Morgan fingerprint density at radius 2 is 1.47 bits per heavy atom. The van der Waals surface area contributed by atoms with Crippen molar-refractivity contribution in [2.75, 3.05) is 0 Å². The summed E-state index contributed by atoms with van der Waals surface area (Å²) >= 11 is 0. The molecule has 1 rings (SSSR count). The van der Waals surface area contributed by atoms with E-state index in [0.717, 1.165) is 0 Å². The van der Waals surface area contributed by atoms with Crippen LogP contribution in [0, 0.1) is 0 Å². The smallest absolute Gasteiger partial charge is 0.126 e. The first kappa shape index (κ1) is 14.9.